The van der Waals surface area contributed by atoms with Crippen LogP contribution in [0.4, 0.5) is 14.5 Å². The first-order chi connectivity index (χ1) is 10.6. The number of carbonyl (C=O) groups is 2. The molecule has 0 bridgehead atoms. The quantitative estimate of drug-likeness (QED) is 0.869. The number of hydrogen-bond acceptors (Lipinski definition) is 3. The Hall–Kier alpha value is -1.73. The zero-order valence-corrected chi connectivity index (χ0v) is 13.2. The maximum absolute atomic E-state index is 13.8. The molecule has 8 heteroatoms. The van der Waals surface area contributed by atoms with Crippen LogP contribution in [0.15, 0.2) is 18.2 Å². The lowest BCUT2D eigenvalue weighted by atomic mass is 10.2. The first kappa shape index (κ1) is 17.6. The van der Waals surface area contributed by atoms with Crippen LogP contribution in [0, 0.1) is 11.6 Å². The van der Waals surface area contributed by atoms with Crippen LogP contribution in [0.5, 0.6) is 0 Å². The molecule has 0 radical (unpaired) electrons. The highest BCUT2D eigenvalue weighted by atomic mass is 35.5. The maximum Gasteiger partial charge on any atom is 0.237 e. The fourth-order valence-electron chi connectivity index (χ4n) is 2.98. The highest BCUT2D eigenvalue weighted by molar-refractivity contribution is 5.97. The lowest BCUT2D eigenvalue weighted by Crippen LogP contribution is -2.46. The van der Waals surface area contributed by atoms with E-state index in [0.29, 0.717) is 0 Å². The van der Waals surface area contributed by atoms with Crippen molar-refractivity contribution < 1.29 is 18.4 Å². The minimum atomic E-state index is -0.780. The Morgan fingerprint density at radius 2 is 2.00 bits per heavy atom. The van der Waals surface area contributed by atoms with E-state index in [1.165, 1.54) is 6.07 Å². The molecule has 1 aromatic rings. The predicted octanol–water partition coefficient (Wildman–Crippen LogP) is 1.36. The van der Waals surface area contributed by atoms with E-state index in [9.17, 15) is 18.4 Å². The minimum Gasteiger partial charge on any atom is -0.350 e. The number of hydrogen-bond donors (Lipinski definition) is 2. The average molecular weight is 346 g/mol. The Bertz CT molecular complexity index is 588. The standard InChI is InChI=1S/C15H17F2N3O2.ClH/c16-10-3-1-4-11(17)14(10)20-8-9(7-13(20)21)19-15(22)12-5-2-6-18-12;/h1,3-4,9,12,18H,2,5-8H2,(H,19,22);1H. The van der Waals surface area contributed by atoms with Gasteiger partial charge in [0.2, 0.25) is 11.8 Å². The third-order valence-corrected chi connectivity index (χ3v) is 4.06. The van der Waals surface area contributed by atoms with Gasteiger partial charge in [0.15, 0.2) is 0 Å². The summed E-state index contributed by atoms with van der Waals surface area (Å²) in [6, 6.07) is 2.80. The molecule has 2 N–H and O–H groups in total. The van der Waals surface area contributed by atoms with Gasteiger partial charge in [0.1, 0.15) is 17.3 Å². The summed E-state index contributed by atoms with van der Waals surface area (Å²) in [4.78, 5) is 25.1. The van der Waals surface area contributed by atoms with Gasteiger partial charge in [-0.2, -0.15) is 0 Å². The minimum absolute atomic E-state index is 0. The molecule has 2 saturated heterocycles. The van der Waals surface area contributed by atoms with Crippen LogP contribution in [-0.4, -0.2) is 37.0 Å². The van der Waals surface area contributed by atoms with Gasteiger partial charge in [-0.3, -0.25) is 9.59 Å². The second-order valence-corrected chi connectivity index (χ2v) is 5.63. The second kappa shape index (κ2) is 7.23. The number of nitrogens with zero attached hydrogens (tertiary/aromatic N) is 1. The Kier molecular flexibility index (Phi) is 5.54. The van der Waals surface area contributed by atoms with E-state index in [2.05, 4.69) is 10.6 Å². The van der Waals surface area contributed by atoms with Gasteiger partial charge >= 0.3 is 0 Å². The molecule has 2 atom stereocenters. The Morgan fingerprint density at radius 3 is 2.61 bits per heavy atom. The van der Waals surface area contributed by atoms with Gasteiger partial charge in [0.25, 0.3) is 0 Å². The fourth-order valence-corrected chi connectivity index (χ4v) is 2.98. The van der Waals surface area contributed by atoms with Crippen molar-refractivity contribution in [1.82, 2.24) is 10.6 Å². The molecular formula is C15H18ClF2N3O2. The fraction of sp³-hybridized carbons (Fsp3) is 0.467. The monoisotopic (exact) mass is 345 g/mol. The van der Waals surface area contributed by atoms with Gasteiger partial charge in [0.05, 0.1) is 12.1 Å². The van der Waals surface area contributed by atoms with Crippen molar-refractivity contribution in [2.45, 2.75) is 31.3 Å². The normalized spacial score (nSPS) is 23.7. The summed E-state index contributed by atoms with van der Waals surface area (Å²) in [6.07, 6.45) is 1.75. The maximum atomic E-state index is 13.8. The lowest BCUT2D eigenvalue weighted by Gasteiger charge is -2.19. The topological polar surface area (TPSA) is 61.4 Å². The van der Waals surface area contributed by atoms with Gasteiger partial charge in [-0.05, 0) is 31.5 Å². The summed E-state index contributed by atoms with van der Waals surface area (Å²) in [7, 11) is 0. The van der Waals surface area contributed by atoms with Crippen LogP contribution >= 0.6 is 12.4 Å². The molecule has 2 aliphatic heterocycles. The van der Waals surface area contributed by atoms with E-state index in [1.54, 1.807) is 0 Å². The molecule has 3 rings (SSSR count). The Morgan fingerprint density at radius 1 is 1.30 bits per heavy atom. The van der Waals surface area contributed by atoms with Crippen LogP contribution < -0.4 is 15.5 Å². The largest absolute Gasteiger partial charge is 0.350 e. The van der Waals surface area contributed by atoms with E-state index in [0.717, 1.165) is 36.4 Å². The van der Waals surface area contributed by atoms with E-state index in [4.69, 9.17) is 0 Å². The van der Waals surface area contributed by atoms with E-state index in [-0.39, 0.29) is 43.0 Å². The molecule has 2 aliphatic rings. The van der Waals surface area contributed by atoms with Crippen LogP contribution in [0.2, 0.25) is 0 Å². The average Bonchev–Trinajstić information content (AvgIpc) is 3.09. The van der Waals surface area contributed by atoms with E-state index >= 15 is 0 Å². The molecule has 1 aromatic carbocycles. The number of rotatable bonds is 3. The molecule has 126 valence electrons. The summed E-state index contributed by atoms with van der Waals surface area (Å²) in [5.74, 6) is -2.12. The van der Waals surface area contributed by atoms with Crippen molar-refractivity contribution in [3.63, 3.8) is 0 Å². The molecule has 0 aliphatic carbocycles. The Balaban J connectivity index is 0.00000192. The van der Waals surface area contributed by atoms with Gasteiger partial charge in [-0.15, -0.1) is 12.4 Å². The van der Waals surface area contributed by atoms with Crippen LogP contribution in [0.3, 0.4) is 0 Å². The summed E-state index contributed by atoms with van der Waals surface area (Å²) in [6.45, 7) is 0.878. The molecule has 0 saturated carbocycles. The van der Waals surface area contributed by atoms with Crippen molar-refractivity contribution in [2.24, 2.45) is 0 Å². The van der Waals surface area contributed by atoms with Crippen molar-refractivity contribution in [1.29, 1.82) is 0 Å². The number of nitrogens with one attached hydrogen (secondary N) is 2. The molecule has 0 spiro atoms. The third kappa shape index (κ3) is 3.61. The zero-order valence-electron chi connectivity index (χ0n) is 12.4. The number of para-hydroxylation sites is 1. The predicted molar refractivity (Wildman–Crippen MR) is 83.5 cm³/mol. The molecule has 2 heterocycles. The summed E-state index contributed by atoms with van der Waals surface area (Å²) in [5.41, 5.74) is -0.344. The molecule has 23 heavy (non-hydrogen) atoms. The summed E-state index contributed by atoms with van der Waals surface area (Å²) in [5, 5.41) is 5.85. The third-order valence-electron chi connectivity index (χ3n) is 4.06. The van der Waals surface area contributed by atoms with Gasteiger partial charge in [0, 0.05) is 13.0 Å². The molecule has 5 nitrogen and oxygen atoms in total. The molecular weight excluding hydrogens is 328 g/mol. The number of amides is 2. The zero-order chi connectivity index (χ0) is 15.7. The number of halogens is 3. The SMILES string of the molecule is Cl.O=C(NC1CC(=O)N(c2c(F)cccc2F)C1)C1CCCN1. The lowest BCUT2D eigenvalue weighted by molar-refractivity contribution is -0.123. The van der Waals surface area contributed by atoms with Crippen LogP contribution in [0.1, 0.15) is 19.3 Å². The Labute approximate surface area is 138 Å². The highest BCUT2D eigenvalue weighted by Gasteiger charge is 2.35. The van der Waals surface area contributed by atoms with Crippen molar-refractivity contribution in [3.05, 3.63) is 29.8 Å². The van der Waals surface area contributed by atoms with Gasteiger partial charge in [-0.25, -0.2) is 8.78 Å². The molecule has 2 amide bonds. The highest BCUT2D eigenvalue weighted by Crippen LogP contribution is 2.27. The van der Waals surface area contributed by atoms with Crippen LogP contribution in [-0.2, 0) is 9.59 Å². The molecule has 2 unspecified atom stereocenters. The first-order valence-electron chi connectivity index (χ1n) is 7.34. The van der Waals surface area contributed by atoms with Gasteiger partial charge < -0.3 is 15.5 Å². The van der Waals surface area contributed by atoms with E-state index in [1.807, 2.05) is 0 Å². The second-order valence-electron chi connectivity index (χ2n) is 5.63. The first-order valence-corrected chi connectivity index (χ1v) is 7.34. The smallest absolute Gasteiger partial charge is 0.237 e. The molecule has 2 fully saturated rings. The van der Waals surface area contributed by atoms with Crippen molar-refractivity contribution in [2.75, 3.05) is 18.0 Å². The number of anilines is 1. The summed E-state index contributed by atoms with van der Waals surface area (Å²) < 4.78 is 27.6. The summed E-state index contributed by atoms with van der Waals surface area (Å²) >= 11 is 0. The van der Waals surface area contributed by atoms with Crippen LogP contribution in [0.25, 0.3) is 0 Å². The molecule has 0 aromatic heterocycles. The number of carbonyl (C=O) groups excluding carboxylic acids is 2. The van der Waals surface area contributed by atoms with Gasteiger partial charge in [-0.1, -0.05) is 6.07 Å². The van der Waals surface area contributed by atoms with Crippen molar-refractivity contribution in [3.8, 4) is 0 Å². The van der Waals surface area contributed by atoms with Crippen molar-refractivity contribution >= 4 is 29.9 Å². The van der Waals surface area contributed by atoms with E-state index < -0.39 is 23.6 Å². The number of benzene rings is 1.